The van der Waals surface area contributed by atoms with Crippen LogP contribution in [0.15, 0.2) is 42.5 Å². The molecule has 0 spiro atoms. The second-order valence-corrected chi connectivity index (χ2v) is 5.90. The number of nitrogens with one attached hydrogen (secondary N) is 2. The molecule has 0 aliphatic carbocycles. The lowest BCUT2D eigenvalue weighted by atomic mass is 10.2. The molecule has 6 nitrogen and oxygen atoms in total. The molecule has 27 heavy (non-hydrogen) atoms. The number of hydrogen-bond acceptors (Lipinski definition) is 5. The van der Waals surface area contributed by atoms with Gasteiger partial charge in [-0.3, -0.25) is 4.79 Å². The van der Waals surface area contributed by atoms with Crippen LogP contribution in [-0.2, 0) is 9.53 Å². The summed E-state index contributed by atoms with van der Waals surface area (Å²) in [6.07, 6.45) is 0. The van der Waals surface area contributed by atoms with E-state index in [2.05, 4.69) is 10.6 Å². The smallest absolute Gasteiger partial charge is 0.243 e. The first kappa shape index (κ1) is 20.9. The van der Waals surface area contributed by atoms with Gasteiger partial charge in [-0.1, -0.05) is 29.8 Å². The molecule has 2 aromatic carbocycles. The van der Waals surface area contributed by atoms with E-state index in [4.69, 9.17) is 25.8 Å². The molecule has 0 aromatic heterocycles. The summed E-state index contributed by atoms with van der Waals surface area (Å²) in [5.41, 5.74) is 1.28. The molecule has 146 valence electrons. The number of amides is 1. The molecule has 2 rings (SSSR count). The van der Waals surface area contributed by atoms with Crippen molar-refractivity contribution in [1.82, 2.24) is 0 Å². The summed E-state index contributed by atoms with van der Waals surface area (Å²) in [7, 11) is 0. The molecule has 0 radical (unpaired) electrons. The van der Waals surface area contributed by atoms with Gasteiger partial charge >= 0.3 is 0 Å². The second-order valence-electron chi connectivity index (χ2n) is 5.49. The predicted molar refractivity (Wildman–Crippen MR) is 108 cm³/mol. The summed E-state index contributed by atoms with van der Waals surface area (Å²) in [6, 6.07) is 12.6. The Morgan fingerprint density at radius 2 is 1.74 bits per heavy atom. The predicted octanol–water partition coefficient (Wildman–Crippen LogP) is 4.20. The van der Waals surface area contributed by atoms with Crippen molar-refractivity contribution in [3.8, 4) is 11.5 Å². The third-order valence-corrected chi connectivity index (χ3v) is 3.84. The second kappa shape index (κ2) is 11.3. The first-order valence-electron chi connectivity index (χ1n) is 8.90. The van der Waals surface area contributed by atoms with Crippen LogP contribution in [0.25, 0.3) is 0 Å². The van der Waals surface area contributed by atoms with Crippen LogP contribution in [0, 0.1) is 0 Å². The zero-order valence-corrected chi connectivity index (χ0v) is 16.3. The fourth-order valence-electron chi connectivity index (χ4n) is 2.36. The summed E-state index contributed by atoms with van der Waals surface area (Å²) in [4.78, 5) is 12.3. The van der Waals surface area contributed by atoms with Gasteiger partial charge in [0.2, 0.25) is 5.91 Å². The van der Waals surface area contributed by atoms with Crippen molar-refractivity contribution >= 4 is 28.9 Å². The first-order chi connectivity index (χ1) is 13.2. The number of ether oxygens (including phenoxy) is 3. The average Bonchev–Trinajstić information content (AvgIpc) is 2.66. The quantitative estimate of drug-likeness (QED) is 0.561. The molecule has 2 aromatic rings. The van der Waals surface area contributed by atoms with E-state index in [0.717, 1.165) is 0 Å². The van der Waals surface area contributed by atoms with Gasteiger partial charge in [-0.15, -0.1) is 0 Å². The highest BCUT2D eigenvalue weighted by Crippen LogP contribution is 2.32. The fourth-order valence-corrected chi connectivity index (χ4v) is 2.59. The molecule has 0 unspecified atom stereocenters. The van der Waals surface area contributed by atoms with Crippen molar-refractivity contribution in [3.63, 3.8) is 0 Å². The maximum Gasteiger partial charge on any atom is 0.243 e. The summed E-state index contributed by atoms with van der Waals surface area (Å²) < 4.78 is 16.5. The summed E-state index contributed by atoms with van der Waals surface area (Å²) in [5.74, 6) is 0.930. The zero-order valence-electron chi connectivity index (χ0n) is 15.6. The maximum absolute atomic E-state index is 12.3. The van der Waals surface area contributed by atoms with Gasteiger partial charge in [-0.25, -0.2) is 0 Å². The lowest BCUT2D eigenvalue weighted by Gasteiger charge is -2.15. The number of rotatable bonds is 11. The molecule has 7 heteroatoms. The minimum absolute atomic E-state index is 0.0582. The van der Waals surface area contributed by atoms with Crippen LogP contribution in [0.3, 0.4) is 0 Å². The van der Waals surface area contributed by atoms with Crippen LogP contribution in [0.2, 0.25) is 5.02 Å². The van der Waals surface area contributed by atoms with Gasteiger partial charge in [0.25, 0.3) is 0 Å². The number of para-hydroxylation sites is 3. The van der Waals surface area contributed by atoms with Gasteiger partial charge in [-0.2, -0.15) is 0 Å². The summed E-state index contributed by atoms with van der Waals surface area (Å²) >= 11 is 6.22. The highest BCUT2D eigenvalue weighted by Gasteiger charge is 2.11. The third kappa shape index (κ3) is 6.66. The number of hydrogen-bond donors (Lipinski definition) is 2. The Labute approximate surface area is 164 Å². The van der Waals surface area contributed by atoms with E-state index < -0.39 is 0 Å². The molecule has 0 bridgehead atoms. The van der Waals surface area contributed by atoms with Gasteiger partial charge in [0.05, 0.1) is 36.2 Å². The SMILES string of the molecule is CCOCCOc1c(Cl)cccc1NCC(=O)Nc1ccccc1OCC. The highest BCUT2D eigenvalue weighted by molar-refractivity contribution is 6.32. The molecule has 0 saturated carbocycles. The third-order valence-electron chi connectivity index (χ3n) is 3.55. The molecular weight excluding hydrogens is 368 g/mol. The largest absolute Gasteiger partial charge is 0.492 e. The van der Waals surface area contributed by atoms with Gasteiger partial charge < -0.3 is 24.8 Å². The molecule has 0 aliphatic heterocycles. The molecule has 0 saturated heterocycles. The van der Waals surface area contributed by atoms with Crippen LogP contribution in [0.4, 0.5) is 11.4 Å². The molecule has 0 aliphatic rings. The summed E-state index contributed by atoms with van der Waals surface area (Å²) in [5, 5.41) is 6.37. The van der Waals surface area contributed by atoms with Crippen molar-refractivity contribution in [2.45, 2.75) is 13.8 Å². The highest BCUT2D eigenvalue weighted by atomic mass is 35.5. The van der Waals surface area contributed by atoms with Crippen LogP contribution in [-0.4, -0.2) is 38.9 Å². The first-order valence-corrected chi connectivity index (χ1v) is 9.28. The Bertz CT molecular complexity index is 740. The Morgan fingerprint density at radius 3 is 2.52 bits per heavy atom. The average molecular weight is 393 g/mol. The minimum Gasteiger partial charge on any atom is -0.492 e. The molecule has 0 heterocycles. The minimum atomic E-state index is -0.206. The van der Waals surface area contributed by atoms with Gasteiger partial charge in [0.15, 0.2) is 5.75 Å². The van der Waals surface area contributed by atoms with Gasteiger partial charge in [0, 0.05) is 6.61 Å². The molecule has 1 amide bonds. The molecule has 2 N–H and O–H groups in total. The van der Waals surface area contributed by atoms with Crippen molar-refractivity contribution in [2.24, 2.45) is 0 Å². The van der Waals surface area contributed by atoms with Gasteiger partial charge in [0.1, 0.15) is 12.4 Å². The Balaban J connectivity index is 1.96. The number of anilines is 2. The van der Waals surface area contributed by atoms with E-state index >= 15 is 0 Å². The lowest BCUT2D eigenvalue weighted by Crippen LogP contribution is -2.22. The van der Waals surface area contributed by atoms with E-state index in [9.17, 15) is 4.79 Å². The number of halogens is 1. The van der Waals surface area contributed by atoms with Gasteiger partial charge in [-0.05, 0) is 38.1 Å². The summed E-state index contributed by atoms with van der Waals surface area (Å²) in [6.45, 7) is 5.87. The van der Waals surface area contributed by atoms with Crippen LogP contribution in [0.5, 0.6) is 11.5 Å². The van der Waals surface area contributed by atoms with Crippen LogP contribution in [0.1, 0.15) is 13.8 Å². The van der Waals surface area contributed by atoms with Crippen molar-refractivity contribution in [2.75, 3.05) is 43.6 Å². The lowest BCUT2D eigenvalue weighted by molar-refractivity contribution is -0.114. The van der Waals surface area contributed by atoms with E-state index in [-0.39, 0.29) is 12.5 Å². The van der Waals surface area contributed by atoms with Crippen molar-refractivity contribution in [3.05, 3.63) is 47.5 Å². The normalized spacial score (nSPS) is 10.3. The maximum atomic E-state index is 12.3. The van der Waals surface area contributed by atoms with E-state index in [1.165, 1.54) is 0 Å². The Kier molecular flexibility index (Phi) is 8.74. The zero-order chi connectivity index (χ0) is 19.5. The van der Waals surface area contributed by atoms with Crippen LogP contribution >= 0.6 is 11.6 Å². The topological polar surface area (TPSA) is 68.8 Å². The Morgan fingerprint density at radius 1 is 0.963 bits per heavy atom. The Hall–Kier alpha value is -2.44. The molecular formula is C20H25ClN2O4. The van der Waals surface area contributed by atoms with Crippen LogP contribution < -0.4 is 20.1 Å². The molecule has 0 atom stereocenters. The number of benzene rings is 2. The van der Waals surface area contributed by atoms with Crippen molar-refractivity contribution < 1.29 is 19.0 Å². The fraction of sp³-hybridized carbons (Fsp3) is 0.350. The van der Waals surface area contributed by atoms with E-state index in [1.54, 1.807) is 18.2 Å². The van der Waals surface area contributed by atoms with E-state index in [1.807, 2.05) is 38.1 Å². The number of carbonyl (C=O) groups excluding carboxylic acids is 1. The molecule has 0 fully saturated rings. The van der Waals surface area contributed by atoms with Crippen molar-refractivity contribution in [1.29, 1.82) is 0 Å². The standard InChI is InChI=1S/C20H25ClN2O4/c1-3-25-12-13-27-20-15(21)8-7-10-17(20)22-14-19(24)23-16-9-5-6-11-18(16)26-4-2/h5-11,22H,3-4,12-14H2,1-2H3,(H,23,24). The van der Waals surface area contributed by atoms with E-state index in [0.29, 0.717) is 54.3 Å². The number of carbonyl (C=O) groups is 1. The monoisotopic (exact) mass is 392 g/mol.